The lowest BCUT2D eigenvalue weighted by Crippen LogP contribution is -2.34. The summed E-state index contributed by atoms with van der Waals surface area (Å²) in [5.41, 5.74) is 3.10. The third-order valence-corrected chi connectivity index (χ3v) is 4.99. The maximum atomic E-state index is 12.7. The van der Waals surface area contributed by atoms with Crippen molar-refractivity contribution >= 4 is 18.0 Å². The summed E-state index contributed by atoms with van der Waals surface area (Å²) in [5.74, 6) is 1.47. The molecule has 7 heteroatoms. The molecule has 0 bridgehead atoms. The summed E-state index contributed by atoms with van der Waals surface area (Å²) in [4.78, 5) is 25.8. The van der Waals surface area contributed by atoms with Crippen molar-refractivity contribution in [3.8, 4) is 17.2 Å². The van der Waals surface area contributed by atoms with Crippen LogP contribution in [0.5, 0.6) is 17.2 Å². The van der Waals surface area contributed by atoms with E-state index in [1.54, 1.807) is 45.4 Å². The Hall–Kier alpha value is -3.48. The summed E-state index contributed by atoms with van der Waals surface area (Å²) in [6, 6.07) is 11.1. The summed E-state index contributed by atoms with van der Waals surface area (Å²) < 4.78 is 20.9. The zero-order chi connectivity index (χ0) is 22.2. The average Bonchev–Trinajstić information content (AvgIpc) is 2.80. The highest BCUT2D eigenvalue weighted by atomic mass is 16.6. The molecule has 1 aliphatic rings. The average molecular weight is 425 g/mol. The van der Waals surface area contributed by atoms with E-state index in [1.165, 1.54) is 5.56 Å². The highest BCUT2D eigenvalue weighted by Crippen LogP contribution is 2.33. The Labute approximate surface area is 182 Å². The van der Waals surface area contributed by atoms with Crippen LogP contribution in [0.2, 0.25) is 0 Å². The number of rotatable bonds is 8. The number of nitrogens with zero attached hydrogens (tertiary/aromatic N) is 1. The van der Waals surface area contributed by atoms with E-state index < -0.39 is 5.97 Å². The van der Waals surface area contributed by atoms with Gasteiger partial charge in [-0.1, -0.05) is 12.1 Å². The molecule has 0 N–H and O–H groups in total. The van der Waals surface area contributed by atoms with Crippen LogP contribution in [0.1, 0.15) is 23.6 Å². The number of methoxy groups -OCH3 is 2. The Balaban J connectivity index is 1.58. The SMILES string of the molecule is CCOC(=O)COc1ccc(/C=C/C(=O)N2CCc3cc(OC)c(OC)cc3C2)cc1. The highest BCUT2D eigenvalue weighted by Gasteiger charge is 2.21. The van der Waals surface area contributed by atoms with Gasteiger partial charge in [0.2, 0.25) is 5.91 Å². The molecule has 0 spiro atoms. The van der Waals surface area contributed by atoms with Crippen LogP contribution in [-0.2, 0) is 27.3 Å². The normalized spacial score (nSPS) is 12.9. The topological polar surface area (TPSA) is 74.3 Å². The van der Waals surface area contributed by atoms with Crippen LogP contribution in [0.15, 0.2) is 42.5 Å². The van der Waals surface area contributed by atoms with Crippen LogP contribution in [0.25, 0.3) is 6.08 Å². The van der Waals surface area contributed by atoms with Crippen molar-refractivity contribution in [2.24, 2.45) is 0 Å². The summed E-state index contributed by atoms with van der Waals surface area (Å²) in [5, 5.41) is 0. The minimum atomic E-state index is -0.406. The van der Waals surface area contributed by atoms with Gasteiger partial charge in [-0.05, 0) is 60.4 Å². The van der Waals surface area contributed by atoms with Crippen molar-refractivity contribution in [3.63, 3.8) is 0 Å². The van der Waals surface area contributed by atoms with Gasteiger partial charge in [0.25, 0.3) is 0 Å². The van der Waals surface area contributed by atoms with Crippen molar-refractivity contribution in [2.45, 2.75) is 19.9 Å². The first-order valence-corrected chi connectivity index (χ1v) is 10.1. The van der Waals surface area contributed by atoms with Crippen molar-refractivity contribution in [1.82, 2.24) is 4.90 Å². The third kappa shape index (κ3) is 5.78. The van der Waals surface area contributed by atoms with Crippen LogP contribution in [-0.4, -0.2) is 50.8 Å². The van der Waals surface area contributed by atoms with Crippen molar-refractivity contribution in [3.05, 3.63) is 59.2 Å². The molecule has 31 heavy (non-hydrogen) atoms. The number of benzene rings is 2. The number of fused-ring (bicyclic) bond motifs is 1. The van der Waals surface area contributed by atoms with Gasteiger partial charge in [0.1, 0.15) is 5.75 Å². The van der Waals surface area contributed by atoms with Gasteiger partial charge in [-0.25, -0.2) is 4.79 Å². The fourth-order valence-corrected chi connectivity index (χ4v) is 3.36. The highest BCUT2D eigenvalue weighted by molar-refractivity contribution is 5.92. The lowest BCUT2D eigenvalue weighted by Gasteiger charge is -2.28. The first-order valence-electron chi connectivity index (χ1n) is 10.1. The predicted octanol–water partition coefficient (Wildman–Crippen LogP) is 3.24. The maximum absolute atomic E-state index is 12.7. The number of hydrogen-bond acceptors (Lipinski definition) is 6. The van der Waals surface area contributed by atoms with Gasteiger partial charge in [0, 0.05) is 19.2 Å². The van der Waals surface area contributed by atoms with Crippen LogP contribution >= 0.6 is 0 Å². The van der Waals surface area contributed by atoms with Gasteiger partial charge in [-0.2, -0.15) is 0 Å². The molecule has 3 rings (SSSR count). The molecule has 2 aromatic carbocycles. The molecule has 7 nitrogen and oxygen atoms in total. The molecule has 0 fully saturated rings. The molecule has 2 aromatic rings. The lowest BCUT2D eigenvalue weighted by atomic mass is 9.98. The lowest BCUT2D eigenvalue weighted by molar-refractivity contribution is -0.145. The third-order valence-electron chi connectivity index (χ3n) is 4.99. The van der Waals surface area contributed by atoms with Crippen LogP contribution < -0.4 is 14.2 Å². The van der Waals surface area contributed by atoms with E-state index in [1.807, 2.05) is 29.2 Å². The van der Waals surface area contributed by atoms with Gasteiger partial charge in [0.15, 0.2) is 18.1 Å². The first kappa shape index (κ1) is 22.2. The quantitative estimate of drug-likeness (QED) is 0.478. The number of carbonyl (C=O) groups excluding carboxylic acids is 2. The second-order valence-electron chi connectivity index (χ2n) is 6.98. The molecule has 0 radical (unpaired) electrons. The molecule has 0 saturated carbocycles. The van der Waals surface area contributed by atoms with Crippen LogP contribution in [0, 0.1) is 0 Å². The second-order valence-corrected chi connectivity index (χ2v) is 6.98. The molecule has 0 aromatic heterocycles. The van der Waals surface area contributed by atoms with E-state index in [2.05, 4.69) is 0 Å². The molecule has 164 valence electrons. The Morgan fingerprint density at radius 1 is 1.03 bits per heavy atom. The largest absolute Gasteiger partial charge is 0.493 e. The fourth-order valence-electron chi connectivity index (χ4n) is 3.36. The smallest absolute Gasteiger partial charge is 0.344 e. The molecule has 1 amide bonds. The summed E-state index contributed by atoms with van der Waals surface area (Å²) in [7, 11) is 3.22. The van der Waals surface area contributed by atoms with Gasteiger partial charge in [-0.3, -0.25) is 4.79 Å². The second kappa shape index (κ2) is 10.5. The molecule has 0 unspecified atom stereocenters. The number of esters is 1. The van der Waals surface area contributed by atoms with Gasteiger partial charge in [-0.15, -0.1) is 0 Å². The Kier molecular flexibility index (Phi) is 7.54. The maximum Gasteiger partial charge on any atom is 0.344 e. The van der Waals surface area contributed by atoms with Crippen LogP contribution in [0.3, 0.4) is 0 Å². The van der Waals surface area contributed by atoms with Gasteiger partial charge < -0.3 is 23.8 Å². The van der Waals surface area contributed by atoms with Crippen molar-refractivity contribution in [1.29, 1.82) is 0 Å². The van der Waals surface area contributed by atoms with Crippen molar-refractivity contribution < 1.29 is 28.5 Å². The zero-order valence-corrected chi connectivity index (χ0v) is 18.1. The number of carbonyl (C=O) groups is 2. The number of hydrogen-bond donors (Lipinski definition) is 0. The molecule has 0 aliphatic carbocycles. The molecule has 0 atom stereocenters. The summed E-state index contributed by atoms with van der Waals surface area (Å²) in [6.07, 6.45) is 4.10. The Morgan fingerprint density at radius 2 is 1.71 bits per heavy atom. The monoisotopic (exact) mass is 425 g/mol. The molecular weight excluding hydrogens is 398 g/mol. The van der Waals surface area contributed by atoms with Gasteiger partial charge >= 0.3 is 5.97 Å². The molecule has 0 saturated heterocycles. The zero-order valence-electron chi connectivity index (χ0n) is 18.1. The van der Waals surface area contributed by atoms with Crippen molar-refractivity contribution in [2.75, 3.05) is 34.0 Å². The van der Waals surface area contributed by atoms with E-state index in [9.17, 15) is 9.59 Å². The molecule has 1 heterocycles. The summed E-state index contributed by atoms with van der Waals surface area (Å²) >= 11 is 0. The van der Waals surface area contributed by atoms with E-state index in [-0.39, 0.29) is 12.5 Å². The fraction of sp³-hybridized carbons (Fsp3) is 0.333. The Morgan fingerprint density at radius 3 is 2.35 bits per heavy atom. The predicted molar refractivity (Wildman–Crippen MR) is 116 cm³/mol. The van der Waals surface area contributed by atoms with E-state index in [0.29, 0.717) is 36.9 Å². The van der Waals surface area contributed by atoms with E-state index in [0.717, 1.165) is 17.5 Å². The summed E-state index contributed by atoms with van der Waals surface area (Å²) in [6.45, 7) is 3.11. The standard InChI is InChI=1S/C24H27NO6/c1-4-30-24(27)16-31-20-8-5-17(6-9-20)7-10-23(26)25-12-11-18-13-21(28-2)22(29-3)14-19(18)15-25/h5-10,13-14H,4,11-12,15-16H2,1-3H3/b10-7+. The first-order chi connectivity index (χ1) is 15.0. The van der Waals surface area contributed by atoms with Gasteiger partial charge in [0.05, 0.1) is 20.8 Å². The molecular formula is C24H27NO6. The number of ether oxygens (including phenoxy) is 4. The Bertz CT molecular complexity index is 951. The van der Waals surface area contributed by atoms with E-state index >= 15 is 0 Å². The van der Waals surface area contributed by atoms with E-state index in [4.69, 9.17) is 18.9 Å². The molecule has 1 aliphatic heterocycles. The van der Waals surface area contributed by atoms with Crippen LogP contribution in [0.4, 0.5) is 0 Å². The number of amides is 1. The minimum Gasteiger partial charge on any atom is -0.493 e. The minimum absolute atomic E-state index is 0.0527.